The van der Waals surface area contributed by atoms with E-state index in [1.54, 1.807) is 43.2 Å². The van der Waals surface area contributed by atoms with Crippen LogP contribution in [0.15, 0.2) is 48.5 Å². The highest BCUT2D eigenvalue weighted by Crippen LogP contribution is 2.22. The van der Waals surface area contributed by atoms with Gasteiger partial charge >= 0.3 is 0 Å². The monoisotopic (exact) mass is 517 g/mol. The predicted octanol–water partition coefficient (Wildman–Crippen LogP) is 3.88. The lowest BCUT2D eigenvalue weighted by molar-refractivity contribution is -0.141. The fourth-order valence-corrected chi connectivity index (χ4v) is 4.66. The van der Waals surface area contributed by atoms with Crippen molar-refractivity contribution >= 4 is 27.5 Å². The highest BCUT2D eigenvalue weighted by molar-refractivity contribution is 7.92. The molecule has 0 heterocycles. The first-order chi connectivity index (χ1) is 16.7. The topological polar surface area (TPSA) is 96.0 Å². The van der Waals surface area contributed by atoms with Crippen LogP contribution in [0, 0.1) is 6.92 Å². The second-order valence-electron chi connectivity index (χ2n) is 10.1. The minimum atomic E-state index is -3.55. The third-order valence-corrected chi connectivity index (χ3v) is 6.85. The summed E-state index contributed by atoms with van der Waals surface area (Å²) in [5.74, 6) is 0.172. The zero-order valence-corrected chi connectivity index (χ0v) is 23.2. The molecule has 2 aromatic rings. The van der Waals surface area contributed by atoms with Gasteiger partial charge in [0, 0.05) is 25.0 Å². The van der Waals surface area contributed by atoms with Crippen molar-refractivity contribution in [1.29, 1.82) is 0 Å². The third-order valence-electron chi connectivity index (χ3n) is 5.65. The molecule has 0 aromatic heterocycles. The lowest BCUT2D eigenvalue weighted by atomic mass is 10.1. The van der Waals surface area contributed by atoms with E-state index in [1.165, 1.54) is 4.31 Å². The minimum absolute atomic E-state index is 0.0984. The minimum Gasteiger partial charge on any atom is -0.497 e. The van der Waals surface area contributed by atoms with Crippen molar-refractivity contribution < 1.29 is 22.7 Å². The number of ether oxygens (including phenoxy) is 1. The first-order valence-electron chi connectivity index (χ1n) is 12.0. The SMILES string of the molecule is COc1ccc(N(CCCC(=O)N(Cc2ccc(C)cc2)C(C)C(=O)NC(C)(C)C)S(C)(=O)=O)cc1. The number of sulfonamides is 1. The average Bonchev–Trinajstić information content (AvgIpc) is 2.79. The molecule has 1 unspecified atom stereocenters. The Morgan fingerprint density at radius 2 is 1.61 bits per heavy atom. The number of benzene rings is 2. The first-order valence-corrected chi connectivity index (χ1v) is 13.8. The van der Waals surface area contributed by atoms with Crippen molar-refractivity contribution in [3.05, 3.63) is 59.7 Å². The van der Waals surface area contributed by atoms with Crippen LogP contribution in [-0.4, -0.2) is 56.6 Å². The van der Waals surface area contributed by atoms with Crippen LogP contribution < -0.4 is 14.4 Å². The van der Waals surface area contributed by atoms with Crippen LogP contribution in [0.2, 0.25) is 0 Å². The maximum atomic E-state index is 13.3. The molecule has 0 aliphatic heterocycles. The van der Waals surface area contributed by atoms with E-state index in [4.69, 9.17) is 4.74 Å². The molecule has 0 fully saturated rings. The van der Waals surface area contributed by atoms with Gasteiger partial charge in [-0.05, 0) is 70.9 Å². The Morgan fingerprint density at radius 1 is 1.03 bits per heavy atom. The molecule has 1 N–H and O–H groups in total. The standard InChI is InChI=1S/C27H39N3O5S/c1-20-10-12-22(13-11-20)19-29(21(2)26(32)28-27(3,4)5)25(31)9-8-18-30(36(7,33)34)23-14-16-24(35-6)17-15-23/h10-17,21H,8-9,18-19H2,1-7H3,(H,28,32). The van der Waals surface area contributed by atoms with E-state index in [0.29, 0.717) is 17.9 Å². The number of nitrogens with zero attached hydrogens (tertiary/aromatic N) is 2. The maximum Gasteiger partial charge on any atom is 0.242 e. The Labute approximate surface area is 215 Å². The largest absolute Gasteiger partial charge is 0.497 e. The van der Waals surface area contributed by atoms with Crippen LogP contribution in [0.4, 0.5) is 5.69 Å². The molecule has 0 bridgehead atoms. The van der Waals surface area contributed by atoms with E-state index in [-0.39, 0.29) is 31.3 Å². The molecular weight excluding hydrogens is 478 g/mol. The number of hydrogen-bond donors (Lipinski definition) is 1. The van der Waals surface area contributed by atoms with Gasteiger partial charge in [-0.2, -0.15) is 0 Å². The fraction of sp³-hybridized carbons (Fsp3) is 0.481. The molecule has 0 aliphatic carbocycles. The molecule has 0 saturated heterocycles. The van der Waals surface area contributed by atoms with Crippen molar-refractivity contribution in [2.75, 3.05) is 24.2 Å². The summed E-state index contributed by atoms with van der Waals surface area (Å²) >= 11 is 0. The molecule has 0 aliphatic rings. The highest BCUT2D eigenvalue weighted by atomic mass is 32.2. The molecular formula is C27H39N3O5S. The lowest BCUT2D eigenvalue weighted by Crippen LogP contribution is -2.52. The van der Waals surface area contributed by atoms with Crippen LogP contribution in [-0.2, 0) is 26.2 Å². The van der Waals surface area contributed by atoms with Crippen molar-refractivity contribution in [3.63, 3.8) is 0 Å². The third kappa shape index (κ3) is 8.86. The Morgan fingerprint density at radius 3 is 2.11 bits per heavy atom. The normalized spacial score (nSPS) is 12.5. The smallest absolute Gasteiger partial charge is 0.242 e. The number of amides is 2. The fourth-order valence-electron chi connectivity index (χ4n) is 3.70. The maximum absolute atomic E-state index is 13.3. The zero-order valence-electron chi connectivity index (χ0n) is 22.4. The van der Waals surface area contributed by atoms with Gasteiger partial charge in [0.15, 0.2) is 0 Å². The van der Waals surface area contributed by atoms with Gasteiger partial charge in [0.25, 0.3) is 0 Å². The quantitative estimate of drug-likeness (QED) is 0.488. The Bertz CT molecular complexity index is 1120. The number of rotatable bonds is 11. The van der Waals surface area contributed by atoms with Crippen LogP contribution in [0.25, 0.3) is 0 Å². The number of nitrogens with one attached hydrogen (secondary N) is 1. The van der Waals surface area contributed by atoms with Gasteiger partial charge in [0.1, 0.15) is 11.8 Å². The van der Waals surface area contributed by atoms with Gasteiger partial charge in [-0.3, -0.25) is 13.9 Å². The van der Waals surface area contributed by atoms with E-state index in [9.17, 15) is 18.0 Å². The summed E-state index contributed by atoms with van der Waals surface area (Å²) in [6.45, 7) is 9.80. The molecule has 198 valence electrons. The Hall–Kier alpha value is -3.07. The van der Waals surface area contributed by atoms with E-state index in [2.05, 4.69) is 5.32 Å². The van der Waals surface area contributed by atoms with Crippen LogP contribution in [0.5, 0.6) is 5.75 Å². The van der Waals surface area contributed by atoms with Gasteiger partial charge in [-0.25, -0.2) is 8.42 Å². The van der Waals surface area contributed by atoms with E-state index >= 15 is 0 Å². The van der Waals surface area contributed by atoms with E-state index in [0.717, 1.165) is 17.4 Å². The summed E-state index contributed by atoms with van der Waals surface area (Å²) in [4.78, 5) is 27.8. The van der Waals surface area contributed by atoms with Crippen molar-refractivity contribution in [2.24, 2.45) is 0 Å². The molecule has 8 nitrogen and oxygen atoms in total. The molecule has 1 atom stereocenters. The number of aryl methyl sites for hydroxylation is 1. The molecule has 2 aromatic carbocycles. The van der Waals surface area contributed by atoms with Crippen LogP contribution in [0.1, 0.15) is 51.7 Å². The summed E-state index contributed by atoms with van der Waals surface area (Å²) in [5, 5.41) is 2.94. The van der Waals surface area contributed by atoms with Crippen molar-refractivity contribution in [3.8, 4) is 5.75 Å². The summed E-state index contributed by atoms with van der Waals surface area (Å²) < 4.78 is 31.3. The Kier molecular flexibility index (Phi) is 9.93. The number of methoxy groups -OCH3 is 1. The first kappa shape index (κ1) is 29.2. The number of hydrogen-bond acceptors (Lipinski definition) is 5. The van der Waals surface area contributed by atoms with Gasteiger partial charge in [0.2, 0.25) is 21.8 Å². The average molecular weight is 518 g/mol. The molecule has 0 spiro atoms. The summed E-state index contributed by atoms with van der Waals surface area (Å²) in [6.07, 6.45) is 1.54. The molecule has 2 amide bonds. The van der Waals surface area contributed by atoms with Gasteiger partial charge in [0.05, 0.1) is 19.1 Å². The number of carbonyl (C=O) groups excluding carboxylic acids is 2. The lowest BCUT2D eigenvalue weighted by Gasteiger charge is -2.32. The van der Waals surface area contributed by atoms with E-state index < -0.39 is 21.6 Å². The van der Waals surface area contributed by atoms with Crippen LogP contribution >= 0.6 is 0 Å². The van der Waals surface area contributed by atoms with Gasteiger partial charge in [-0.15, -0.1) is 0 Å². The van der Waals surface area contributed by atoms with Gasteiger partial charge < -0.3 is 15.0 Å². The van der Waals surface area contributed by atoms with Gasteiger partial charge in [-0.1, -0.05) is 29.8 Å². The number of carbonyl (C=O) groups is 2. The summed E-state index contributed by atoms with van der Waals surface area (Å²) in [5.41, 5.74) is 2.09. The highest BCUT2D eigenvalue weighted by Gasteiger charge is 2.28. The van der Waals surface area contributed by atoms with Crippen molar-refractivity contribution in [1.82, 2.24) is 10.2 Å². The number of anilines is 1. The summed E-state index contributed by atoms with van der Waals surface area (Å²) in [6, 6.07) is 13.9. The molecule has 36 heavy (non-hydrogen) atoms. The van der Waals surface area contributed by atoms with Crippen molar-refractivity contribution in [2.45, 2.75) is 65.6 Å². The van der Waals surface area contributed by atoms with Crippen LogP contribution in [0.3, 0.4) is 0 Å². The zero-order chi connectivity index (χ0) is 27.1. The molecule has 9 heteroatoms. The summed E-state index contributed by atoms with van der Waals surface area (Å²) in [7, 11) is -2.01. The predicted molar refractivity (Wildman–Crippen MR) is 144 cm³/mol. The van der Waals surface area contributed by atoms with E-state index in [1.807, 2.05) is 52.0 Å². The second-order valence-corrected chi connectivity index (χ2v) is 12.0. The molecule has 2 rings (SSSR count). The molecule has 0 saturated carbocycles. The molecule has 0 radical (unpaired) electrons. The second kappa shape index (κ2) is 12.3. The Balaban J connectivity index is 2.17.